The molecule has 1 aromatic carbocycles. The molecule has 1 rings (SSSR count). The Labute approximate surface area is 196 Å². The molecule has 0 fully saturated rings. The van der Waals surface area contributed by atoms with E-state index >= 15 is 0 Å². The molecular weight excluding hydrogens is 597 g/mol. The number of aliphatic hydroxyl groups is 3. The summed E-state index contributed by atoms with van der Waals surface area (Å²) >= 11 is 0. The molecule has 0 bridgehead atoms. The van der Waals surface area contributed by atoms with Gasteiger partial charge in [0.15, 0.2) is 0 Å². The first-order valence-corrected chi connectivity index (χ1v) is 11.2. The van der Waals surface area contributed by atoms with Crippen molar-refractivity contribution in [2.75, 3.05) is 0 Å². The van der Waals surface area contributed by atoms with Gasteiger partial charge in [0.1, 0.15) is 0 Å². The van der Waals surface area contributed by atoms with Gasteiger partial charge in [-0.25, -0.2) is 12.1 Å². The van der Waals surface area contributed by atoms with E-state index in [1.54, 1.807) is 20.8 Å². The molecule has 0 radical (unpaired) electrons. The van der Waals surface area contributed by atoms with Gasteiger partial charge in [0.05, 0.1) is 18.3 Å². The maximum atomic E-state index is 12.1. The smallest absolute Gasteiger partial charge is 0.361 e. The van der Waals surface area contributed by atoms with Gasteiger partial charge in [-0.2, -0.15) is 38.5 Å². The summed E-state index contributed by atoms with van der Waals surface area (Å²) in [4.78, 5) is 0. The molecule has 1 aromatic rings. The first kappa shape index (κ1) is 37.2. The van der Waals surface area contributed by atoms with Crippen LogP contribution in [0.5, 0.6) is 0 Å². The predicted molar refractivity (Wildman–Crippen MR) is 107 cm³/mol. The minimum absolute atomic E-state index is 0. The fourth-order valence-electron chi connectivity index (χ4n) is 1.14. The maximum absolute atomic E-state index is 12.1. The maximum Gasteiger partial charge on any atom is 0.361 e. The van der Waals surface area contributed by atoms with Crippen LogP contribution in [0.4, 0.5) is 26.3 Å². The zero-order valence-electron chi connectivity index (χ0n) is 18.3. The van der Waals surface area contributed by atoms with Crippen LogP contribution < -0.4 is 5.19 Å². The van der Waals surface area contributed by atoms with Gasteiger partial charge in [-0.1, -0.05) is 20.8 Å². The number of aliphatic hydroxyl groups excluding tert-OH is 3. The van der Waals surface area contributed by atoms with Gasteiger partial charge in [0, 0.05) is 25.8 Å². The molecule has 180 valence electrons. The molecule has 3 atom stereocenters. The molecule has 30 heavy (non-hydrogen) atoms. The van der Waals surface area contributed by atoms with Gasteiger partial charge in [-0.3, -0.25) is 0 Å². The zero-order chi connectivity index (χ0) is 23.8. The van der Waals surface area contributed by atoms with E-state index in [0.717, 1.165) is 31.4 Å². The van der Waals surface area contributed by atoms with Crippen molar-refractivity contribution in [2.45, 2.75) is 90.7 Å². The van der Waals surface area contributed by atoms with Crippen LogP contribution in [0.25, 0.3) is 0 Å². The SMILES string of the molecule is CCC(C)O.CCC(C)O.CCC(C)O.FC(F)(F)[SiH]([c-]1cccc1)C(F)(F)F.[Hf]. The monoisotopic (exact) mass is 633 g/mol. The van der Waals surface area contributed by atoms with Gasteiger partial charge in [-0.05, 0) is 40.0 Å². The average Bonchev–Trinajstić information content (AvgIpc) is 3.07. The van der Waals surface area contributed by atoms with E-state index in [4.69, 9.17) is 15.3 Å². The van der Waals surface area contributed by atoms with Gasteiger partial charge in [-0.15, -0.1) is 5.19 Å². The van der Waals surface area contributed by atoms with E-state index in [2.05, 4.69) is 0 Å². The number of halogens is 6. The van der Waals surface area contributed by atoms with Crippen LogP contribution in [-0.4, -0.2) is 54.0 Å². The minimum atomic E-state index is -5.16. The van der Waals surface area contributed by atoms with Crippen molar-refractivity contribution in [1.29, 1.82) is 0 Å². The van der Waals surface area contributed by atoms with Crippen molar-refractivity contribution in [1.82, 2.24) is 0 Å². The normalized spacial score (nSPS) is 13.9. The quantitative estimate of drug-likeness (QED) is 0.263. The molecule has 3 N–H and O–H groups in total. The molecular formula is C19H35F6HfO3Si-. The summed E-state index contributed by atoms with van der Waals surface area (Å²) in [7, 11) is -4.92. The van der Waals surface area contributed by atoms with Crippen LogP contribution in [-0.2, 0) is 25.8 Å². The van der Waals surface area contributed by atoms with Crippen LogP contribution in [0.2, 0.25) is 0 Å². The number of rotatable bonds is 4. The van der Waals surface area contributed by atoms with Crippen LogP contribution >= 0.6 is 0 Å². The van der Waals surface area contributed by atoms with Crippen LogP contribution in [0, 0.1) is 0 Å². The summed E-state index contributed by atoms with van der Waals surface area (Å²) in [5.41, 5.74) is 0. The molecule has 0 heterocycles. The van der Waals surface area contributed by atoms with Crippen molar-refractivity contribution >= 4 is 14.0 Å². The second kappa shape index (κ2) is 19.6. The molecule has 0 aromatic heterocycles. The van der Waals surface area contributed by atoms with Gasteiger partial charge in [0.25, 0.3) is 8.80 Å². The third kappa shape index (κ3) is 24.2. The summed E-state index contributed by atoms with van der Waals surface area (Å²) in [5.74, 6) is -10.3. The summed E-state index contributed by atoms with van der Waals surface area (Å²) in [6.45, 7) is 11.2. The van der Waals surface area contributed by atoms with Gasteiger partial charge < -0.3 is 15.3 Å². The Morgan fingerprint density at radius 2 is 0.900 bits per heavy atom. The van der Waals surface area contributed by atoms with E-state index in [0.29, 0.717) is 0 Å². The van der Waals surface area contributed by atoms with Crippen molar-refractivity contribution < 1.29 is 67.5 Å². The van der Waals surface area contributed by atoms with Crippen molar-refractivity contribution in [3.8, 4) is 0 Å². The second-order valence-corrected chi connectivity index (χ2v) is 9.35. The molecule has 0 amide bonds. The van der Waals surface area contributed by atoms with E-state index < -0.39 is 25.6 Å². The van der Waals surface area contributed by atoms with E-state index in [-0.39, 0.29) is 44.2 Å². The van der Waals surface area contributed by atoms with E-state index in [1.807, 2.05) is 20.8 Å². The summed E-state index contributed by atoms with van der Waals surface area (Å²) in [6.07, 6.45) is 2.24. The van der Waals surface area contributed by atoms with E-state index in [9.17, 15) is 26.3 Å². The van der Waals surface area contributed by atoms with Crippen molar-refractivity contribution in [2.24, 2.45) is 0 Å². The fraction of sp³-hybridized carbons (Fsp3) is 0.737. The Balaban J connectivity index is -0.000000176. The Kier molecular flexibility index (Phi) is 24.3. The number of alkyl halides is 6. The Bertz CT molecular complexity index is 431. The Morgan fingerprint density at radius 1 is 0.700 bits per heavy atom. The Hall–Kier alpha value is -0.103. The third-order valence-electron chi connectivity index (χ3n) is 3.45. The van der Waals surface area contributed by atoms with Crippen molar-refractivity contribution in [3.05, 3.63) is 24.3 Å². The molecule has 0 aliphatic rings. The van der Waals surface area contributed by atoms with Crippen LogP contribution in [0.3, 0.4) is 0 Å². The van der Waals surface area contributed by atoms with Crippen LogP contribution in [0.15, 0.2) is 24.3 Å². The molecule has 3 nitrogen and oxygen atoms in total. The standard InChI is InChI=1S/C7H5F6Si.3C4H10O.Hf/c8-6(9,10)14(7(11,12)13)5-3-1-2-4-5;3*1-3-4(2)5;/h1-4,14H;3*4-5H,3H2,1-2H3;/q-1;;;;. The third-order valence-corrected chi connectivity index (χ3v) is 5.81. The topological polar surface area (TPSA) is 60.7 Å². The molecule has 3 unspecified atom stereocenters. The largest absolute Gasteiger partial charge is 0.393 e. The molecule has 0 spiro atoms. The average molecular weight is 632 g/mol. The van der Waals surface area contributed by atoms with Gasteiger partial charge >= 0.3 is 11.6 Å². The predicted octanol–water partition coefficient (Wildman–Crippen LogP) is 4.37. The molecule has 0 saturated heterocycles. The Morgan fingerprint density at radius 3 is 1.03 bits per heavy atom. The second-order valence-electron chi connectivity index (χ2n) is 6.51. The fourth-order valence-corrected chi connectivity index (χ4v) is 2.88. The first-order valence-electron chi connectivity index (χ1n) is 9.43. The number of hydrogen-bond acceptors (Lipinski definition) is 3. The first-order chi connectivity index (χ1) is 13.0. The zero-order valence-corrected chi connectivity index (χ0v) is 23.1. The molecule has 0 aliphatic heterocycles. The number of hydrogen-bond donors (Lipinski definition) is 3. The molecule has 11 heteroatoms. The van der Waals surface area contributed by atoms with E-state index in [1.165, 1.54) is 12.1 Å². The minimum Gasteiger partial charge on any atom is -0.393 e. The summed E-state index contributed by atoms with van der Waals surface area (Å²) < 4.78 is 72.7. The molecule has 0 aliphatic carbocycles. The summed E-state index contributed by atoms with van der Waals surface area (Å²) in [6, 6.07) is 4.09. The van der Waals surface area contributed by atoms with Crippen molar-refractivity contribution in [3.63, 3.8) is 0 Å². The summed E-state index contributed by atoms with van der Waals surface area (Å²) in [5, 5.41) is 24.4. The van der Waals surface area contributed by atoms with Gasteiger partial charge in [0.2, 0.25) is 0 Å². The van der Waals surface area contributed by atoms with Crippen LogP contribution in [0.1, 0.15) is 60.8 Å². The molecule has 0 saturated carbocycles.